The molecule has 9 heteroatoms. The zero-order valence-corrected chi connectivity index (χ0v) is 13.6. The molecule has 0 aliphatic heterocycles. The number of aromatic nitrogens is 7. The lowest BCUT2D eigenvalue weighted by atomic mass is 10.3. The SMILES string of the molecule is COc1ccc2[nH]c(CSc3nnnn3C3CCCC3)nc2n1. The van der Waals surface area contributed by atoms with Gasteiger partial charge in [-0.1, -0.05) is 24.6 Å². The zero-order valence-electron chi connectivity index (χ0n) is 12.8. The molecule has 0 saturated heterocycles. The number of ether oxygens (including phenoxy) is 1. The van der Waals surface area contributed by atoms with Gasteiger partial charge in [-0.15, -0.1) is 5.10 Å². The van der Waals surface area contributed by atoms with Crippen LogP contribution >= 0.6 is 11.8 Å². The summed E-state index contributed by atoms with van der Waals surface area (Å²) < 4.78 is 7.08. The molecule has 3 aromatic rings. The van der Waals surface area contributed by atoms with Gasteiger partial charge in [0.25, 0.3) is 0 Å². The minimum atomic E-state index is 0.439. The van der Waals surface area contributed by atoms with Gasteiger partial charge in [-0.3, -0.25) is 0 Å². The van der Waals surface area contributed by atoms with Crippen molar-refractivity contribution in [2.45, 2.75) is 42.6 Å². The highest BCUT2D eigenvalue weighted by Gasteiger charge is 2.21. The second kappa shape index (κ2) is 6.15. The minimum Gasteiger partial charge on any atom is -0.481 e. The van der Waals surface area contributed by atoms with Gasteiger partial charge in [0.05, 0.1) is 24.4 Å². The van der Waals surface area contributed by atoms with Crippen LogP contribution < -0.4 is 4.74 Å². The van der Waals surface area contributed by atoms with Crippen molar-refractivity contribution in [2.75, 3.05) is 7.11 Å². The van der Waals surface area contributed by atoms with E-state index in [9.17, 15) is 0 Å². The number of nitrogens with zero attached hydrogens (tertiary/aromatic N) is 6. The van der Waals surface area contributed by atoms with Crippen molar-refractivity contribution < 1.29 is 4.74 Å². The molecular formula is C14H17N7OS. The molecule has 3 aromatic heterocycles. The van der Waals surface area contributed by atoms with Gasteiger partial charge in [0.2, 0.25) is 11.0 Å². The van der Waals surface area contributed by atoms with E-state index in [1.165, 1.54) is 12.8 Å². The van der Waals surface area contributed by atoms with E-state index in [0.29, 0.717) is 23.3 Å². The van der Waals surface area contributed by atoms with Crippen molar-refractivity contribution in [3.8, 4) is 5.88 Å². The Morgan fingerprint density at radius 3 is 3.00 bits per heavy atom. The number of rotatable bonds is 5. The van der Waals surface area contributed by atoms with Crippen LogP contribution in [0.5, 0.6) is 5.88 Å². The predicted octanol–water partition coefficient (Wildman–Crippen LogP) is 2.36. The fraction of sp³-hybridized carbons (Fsp3) is 0.500. The van der Waals surface area contributed by atoms with Crippen molar-refractivity contribution in [3.05, 3.63) is 18.0 Å². The number of tetrazole rings is 1. The number of hydrogen-bond donors (Lipinski definition) is 1. The van der Waals surface area contributed by atoms with E-state index in [0.717, 1.165) is 29.3 Å². The maximum atomic E-state index is 5.12. The van der Waals surface area contributed by atoms with Crippen LogP contribution in [0.25, 0.3) is 11.2 Å². The van der Waals surface area contributed by atoms with Gasteiger partial charge in [0.1, 0.15) is 5.82 Å². The van der Waals surface area contributed by atoms with E-state index in [2.05, 4.69) is 30.5 Å². The lowest BCUT2D eigenvalue weighted by Gasteiger charge is -2.10. The monoisotopic (exact) mass is 331 g/mol. The van der Waals surface area contributed by atoms with Gasteiger partial charge >= 0.3 is 0 Å². The smallest absolute Gasteiger partial charge is 0.215 e. The standard InChI is InChI=1S/C14H17N7OS/c1-22-12-7-6-10-13(17-12)16-11(15-10)8-23-14-18-19-20-21(14)9-4-2-3-5-9/h6-7,9H,2-5,8H2,1H3,(H,15,16,17). The molecule has 120 valence electrons. The predicted molar refractivity (Wildman–Crippen MR) is 85.3 cm³/mol. The van der Waals surface area contributed by atoms with Gasteiger partial charge in [-0.05, 0) is 29.3 Å². The number of thioether (sulfide) groups is 1. The summed E-state index contributed by atoms with van der Waals surface area (Å²) in [6.07, 6.45) is 4.83. The number of nitrogens with one attached hydrogen (secondary N) is 1. The first-order valence-corrected chi connectivity index (χ1v) is 8.62. The lowest BCUT2D eigenvalue weighted by molar-refractivity contribution is 0.399. The molecule has 0 bridgehead atoms. The van der Waals surface area contributed by atoms with Crippen molar-refractivity contribution in [1.82, 2.24) is 35.2 Å². The fourth-order valence-electron chi connectivity index (χ4n) is 2.90. The summed E-state index contributed by atoms with van der Waals surface area (Å²) in [5.41, 5.74) is 1.56. The molecule has 0 atom stereocenters. The molecule has 1 fully saturated rings. The number of aromatic amines is 1. The molecule has 1 N–H and O–H groups in total. The largest absolute Gasteiger partial charge is 0.481 e. The van der Waals surface area contributed by atoms with E-state index in [-0.39, 0.29) is 0 Å². The molecule has 0 amide bonds. The van der Waals surface area contributed by atoms with Crippen LogP contribution in [0.1, 0.15) is 37.5 Å². The average Bonchev–Trinajstić information content (AvgIpc) is 3.30. The molecule has 4 rings (SSSR count). The normalized spacial score (nSPS) is 15.5. The summed E-state index contributed by atoms with van der Waals surface area (Å²) in [4.78, 5) is 12.1. The molecule has 1 saturated carbocycles. The van der Waals surface area contributed by atoms with E-state index >= 15 is 0 Å². The van der Waals surface area contributed by atoms with Crippen LogP contribution in [0.15, 0.2) is 17.3 Å². The Labute approximate surface area is 137 Å². The summed E-state index contributed by atoms with van der Waals surface area (Å²) in [5.74, 6) is 2.09. The molecule has 0 unspecified atom stereocenters. The van der Waals surface area contributed by atoms with Gasteiger partial charge in [-0.25, -0.2) is 9.67 Å². The number of fused-ring (bicyclic) bond motifs is 1. The van der Waals surface area contributed by atoms with E-state index < -0.39 is 0 Å². The zero-order chi connectivity index (χ0) is 15.6. The first-order valence-electron chi connectivity index (χ1n) is 7.64. The maximum Gasteiger partial charge on any atom is 0.215 e. The Morgan fingerprint density at radius 2 is 2.17 bits per heavy atom. The number of imidazole rings is 1. The highest BCUT2D eigenvalue weighted by Crippen LogP contribution is 2.32. The van der Waals surface area contributed by atoms with Crippen molar-refractivity contribution in [1.29, 1.82) is 0 Å². The van der Waals surface area contributed by atoms with Crippen molar-refractivity contribution in [3.63, 3.8) is 0 Å². The molecule has 1 aliphatic carbocycles. The molecule has 3 heterocycles. The second-order valence-electron chi connectivity index (χ2n) is 5.54. The van der Waals surface area contributed by atoms with Crippen LogP contribution in [-0.4, -0.2) is 42.3 Å². The third-order valence-electron chi connectivity index (χ3n) is 4.05. The molecule has 0 spiro atoms. The quantitative estimate of drug-likeness (QED) is 0.717. The Hall–Kier alpha value is -2.16. The Bertz CT molecular complexity index is 808. The topological polar surface area (TPSA) is 94.4 Å². The summed E-state index contributed by atoms with van der Waals surface area (Å²) in [6, 6.07) is 4.18. The van der Waals surface area contributed by atoms with Gasteiger partial charge in [0.15, 0.2) is 5.65 Å². The van der Waals surface area contributed by atoms with Crippen molar-refractivity contribution in [2.24, 2.45) is 0 Å². The van der Waals surface area contributed by atoms with Crippen LogP contribution in [0.2, 0.25) is 0 Å². The van der Waals surface area contributed by atoms with Crippen LogP contribution in [-0.2, 0) is 5.75 Å². The van der Waals surface area contributed by atoms with Crippen LogP contribution in [0.4, 0.5) is 0 Å². The van der Waals surface area contributed by atoms with Gasteiger partial charge in [-0.2, -0.15) is 4.98 Å². The van der Waals surface area contributed by atoms with E-state index in [1.54, 1.807) is 18.9 Å². The summed E-state index contributed by atoms with van der Waals surface area (Å²) in [7, 11) is 1.60. The third-order valence-corrected chi connectivity index (χ3v) is 4.99. The molecular weight excluding hydrogens is 314 g/mol. The van der Waals surface area contributed by atoms with Crippen LogP contribution in [0.3, 0.4) is 0 Å². The third kappa shape index (κ3) is 2.88. The first-order chi connectivity index (χ1) is 11.3. The number of methoxy groups -OCH3 is 1. The molecule has 0 aromatic carbocycles. The minimum absolute atomic E-state index is 0.439. The Kier molecular flexibility index (Phi) is 3.86. The second-order valence-corrected chi connectivity index (χ2v) is 6.48. The molecule has 1 aliphatic rings. The number of hydrogen-bond acceptors (Lipinski definition) is 7. The first kappa shape index (κ1) is 14.4. The summed E-state index contributed by atoms with van der Waals surface area (Å²) >= 11 is 1.59. The Balaban J connectivity index is 1.50. The van der Waals surface area contributed by atoms with Crippen molar-refractivity contribution >= 4 is 22.9 Å². The highest BCUT2D eigenvalue weighted by atomic mass is 32.2. The Morgan fingerprint density at radius 1 is 1.30 bits per heavy atom. The van der Waals surface area contributed by atoms with Crippen LogP contribution in [0, 0.1) is 0 Å². The molecule has 23 heavy (non-hydrogen) atoms. The number of pyridine rings is 1. The summed E-state index contributed by atoms with van der Waals surface area (Å²) in [6.45, 7) is 0. The van der Waals surface area contributed by atoms with E-state index in [4.69, 9.17) is 4.74 Å². The summed E-state index contributed by atoms with van der Waals surface area (Å²) in [5, 5.41) is 13.0. The van der Waals surface area contributed by atoms with Gasteiger partial charge < -0.3 is 9.72 Å². The molecule has 8 nitrogen and oxygen atoms in total. The van der Waals surface area contributed by atoms with Gasteiger partial charge in [0, 0.05) is 6.07 Å². The lowest BCUT2D eigenvalue weighted by Crippen LogP contribution is -2.08. The van der Waals surface area contributed by atoms with E-state index in [1.807, 2.05) is 16.8 Å². The number of H-pyrrole nitrogens is 1. The average molecular weight is 331 g/mol. The fourth-order valence-corrected chi connectivity index (χ4v) is 3.71. The highest BCUT2D eigenvalue weighted by molar-refractivity contribution is 7.98. The molecule has 0 radical (unpaired) electrons. The maximum absolute atomic E-state index is 5.12.